The highest BCUT2D eigenvalue weighted by molar-refractivity contribution is 6.39. The first-order chi connectivity index (χ1) is 6.60. The van der Waals surface area contributed by atoms with E-state index in [1.807, 2.05) is 0 Å². The first-order valence-corrected chi connectivity index (χ1v) is 5.01. The van der Waals surface area contributed by atoms with Gasteiger partial charge in [-0.2, -0.15) is 0 Å². The summed E-state index contributed by atoms with van der Waals surface area (Å²) in [4.78, 5) is 11.3. The summed E-state index contributed by atoms with van der Waals surface area (Å²) in [6.07, 6.45) is 0. The molecule has 0 heterocycles. The van der Waals surface area contributed by atoms with E-state index in [2.05, 4.69) is 0 Å². The largest absolute Gasteiger partial charge is 0.495 e. The van der Waals surface area contributed by atoms with Crippen molar-refractivity contribution >= 4 is 40.6 Å². The molecule has 0 spiro atoms. The van der Waals surface area contributed by atoms with E-state index in [1.54, 1.807) is 0 Å². The molecule has 0 radical (unpaired) electrons. The Bertz CT molecular complexity index is 363. The summed E-state index contributed by atoms with van der Waals surface area (Å²) in [5, 5.41) is 0.644. The average molecular weight is 254 g/mol. The lowest BCUT2D eigenvalue weighted by Crippen LogP contribution is -2.02. The fourth-order valence-corrected chi connectivity index (χ4v) is 1.68. The summed E-state index contributed by atoms with van der Waals surface area (Å²) in [5.41, 5.74) is 0.322. The van der Waals surface area contributed by atoms with Crippen LogP contribution < -0.4 is 4.74 Å². The number of alkyl halides is 1. The summed E-state index contributed by atoms with van der Waals surface area (Å²) in [5.74, 6) is 0.0287. The minimum atomic E-state index is -0.258. The molecule has 0 amide bonds. The average Bonchev–Trinajstić information content (AvgIpc) is 2.17. The Morgan fingerprint density at radius 1 is 1.36 bits per heavy atom. The lowest BCUT2D eigenvalue weighted by Gasteiger charge is -2.06. The number of carbonyl (C=O) groups is 1. The molecule has 0 aliphatic rings. The maximum absolute atomic E-state index is 11.3. The number of benzene rings is 1. The van der Waals surface area contributed by atoms with Crippen LogP contribution in [0, 0.1) is 0 Å². The van der Waals surface area contributed by atoms with E-state index in [0.717, 1.165) is 0 Å². The van der Waals surface area contributed by atoms with Crippen molar-refractivity contribution < 1.29 is 9.53 Å². The van der Waals surface area contributed by atoms with Crippen molar-refractivity contribution in [1.82, 2.24) is 0 Å². The zero-order chi connectivity index (χ0) is 10.7. The van der Waals surface area contributed by atoms with Gasteiger partial charge >= 0.3 is 0 Å². The molecule has 0 aromatic heterocycles. The molecule has 0 atom stereocenters. The van der Waals surface area contributed by atoms with Crippen molar-refractivity contribution in [2.75, 3.05) is 13.0 Å². The fourth-order valence-electron chi connectivity index (χ4n) is 0.971. The highest BCUT2D eigenvalue weighted by Crippen LogP contribution is 2.31. The van der Waals surface area contributed by atoms with Gasteiger partial charge in [-0.3, -0.25) is 4.79 Å². The number of methoxy groups -OCH3 is 1. The SMILES string of the molecule is COc1cc(C(=O)CCl)c(Cl)cc1Cl. The molecule has 0 saturated carbocycles. The van der Waals surface area contributed by atoms with E-state index in [1.165, 1.54) is 19.2 Å². The van der Waals surface area contributed by atoms with Crippen LogP contribution in [0.5, 0.6) is 5.75 Å². The van der Waals surface area contributed by atoms with Crippen LogP contribution in [0.1, 0.15) is 10.4 Å². The molecule has 14 heavy (non-hydrogen) atoms. The third-order valence-electron chi connectivity index (χ3n) is 1.66. The van der Waals surface area contributed by atoms with Crippen molar-refractivity contribution in [2.24, 2.45) is 0 Å². The van der Waals surface area contributed by atoms with Crippen molar-refractivity contribution in [1.29, 1.82) is 0 Å². The van der Waals surface area contributed by atoms with Gasteiger partial charge in [0.25, 0.3) is 0 Å². The number of ether oxygens (including phenoxy) is 1. The number of halogens is 3. The predicted octanol–water partition coefficient (Wildman–Crippen LogP) is 3.42. The smallest absolute Gasteiger partial charge is 0.179 e. The molecule has 1 aromatic carbocycles. The fraction of sp³-hybridized carbons (Fsp3) is 0.222. The molecule has 2 nitrogen and oxygen atoms in total. The molecular formula is C9H7Cl3O2. The molecule has 76 valence electrons. The third kappa shape index (κ3) is 2.32. The van der Waals surface area contributed by atoms with Crippen LogP contribution in [-0.2, 0) is 0 Å². The summed E-state index contributed by atoms with van der Waals surface area (Å²) in [6.45, 7) is 0. The molecule has 0 aliphatic heterocycles. The van der Waals surface area contributed by atoms with Crippen molar-refractivity contribution in [3.63, 3.8) is 0 Å². The number of rotatable bonds is 3. The minimum absolute atomic E-state index is 0.121. The summed E-state index contributed by atoms with van der Waals surface area (Å²) in [6, 6.07) is 2.94. The molecule has 0 fully saturated rings. The Morgan fingerprint density at radius 3 is 2.50 bits per heavy atom. The van der Waals surface area contributed by atoms with E-state index in [0.29, 0.717) is 16.3 Å². The van der Waals surface area contributed by atoms with E-state index >= 15 is 0 Å². The lowest BCUT2D eigenvalue weighted by molar-refractivity contribution is 0.102. The number of Topliss-reactive ketones (excluding diaryl/α,β-unsaturated/α-hetero) is 1. The summed E-state index contributed by atoms with van der Waals surface area (Å²) < 4.78 is 4.95. The standard InChI is InChI=1S/C9H7Cl3O2/c1-14-9-2-5(8(13)4-10)6(11)3-7(9)12/h2-3H,4H2,1H3. The Hall–Kier alpha value is -0.440. The van der Waals surface area contributed by atoms with Crippen LogP contribution in [-0.4, -0.2) is 18.8 Å². The number of hydrogen-bond acceptors (Lipinski definition) is 2. The first kappa shape index (κ1) is 11.6. The van der Waals surface area contributed by atoms with E-state index < -0.39 is 0 Å². The molecule has 0 saturated heterocycles. The van der Waals surface area contributed by atoms with Crippen LogP contribution in [0.25, 0.3) is 0 Å². The molecule has 1 aromatic rings. The molecule has 0 N–H and O–H groups in total. The van der Waals surface area contributed by atoms with Gasteiger partial charge in [0.05, 0.1) is 23.0 Å². The molecule has 0 bridgehead atoms. The maximum atomic E-state index is 11.3. The van der Waals surface area contributed by atoms with Gasteiger partial charge in [0.15, 0.2) is 5.78 Å². The summed E-state index contributed by atoms with van der Waals surface area (Å²) >= 11 is 17.0. The normalized spacial score (nSPS) is 10.0. The van der Waals surface area contributed by atoms with E-state index in [4.69, 9.17) is 39.5 Å². The number of hydrogen-bond donors (Lipinski definition) is 0. The van der Waals surface area contributed by atoms with Gasteiger partial charge in [-0.05, 0) is 12.1 Å². The van der Waals surface area contributed by atoms with Gasteiger partial charge in [-0.25, -0.2) is 0 Å². The van der Waals surface area contributed by atoms with Crippen LogP contribution in [0.15, 0.2) is 12.1 Å². The second kappa shape index (κ2) is 4.87. The van der Waals surface area contributed by atoms with Crippen LogP contribution in [0.4, 0.5) is 0 Å². The molecular weight excluding hydrogens is 246 g/mol. The van der Waals surface area contributed by atoms with Gasteiger partial charge in [0.1, 0.15) is 5.75 Å². The zero-order valence-corrected chi connectivity index (χ0v) is 9.58. The molecule has 1 rings (SSSR count). The second-order valence-electron chi connectivity index (χ2n) is 2.52. The van der Waals surface area contributed by atoms with Gasteiger partial charge in [0.2, 0.25) is 0 Å². The first-order valence-electron chi connectivity index (χ1n) is 3.72. The Balaban J connectivity index is 3.24. The predicted molar refractivity (Wildman–Crippen MR) is 58.1 cm³/mol. The van der Waals surface area contributed by atoms with Crippen molar-refractivity contribution in [2.45, 2.75) is 0 Å². The van der Waals surface area contributed by atoms with Gasteiger partial charge in [-0.15, -0.1) is 11.6 Å². The monoisotopic (exact) mass is 252 g/mol. The molecule has 0 aliphatic carbocycles. The lowest BCUT2D eigenvalue weighted by atomic mass is 10.1. The third-order valence-corrected chi connectivity index (χ3v) is 2.51. The number of ketones is 1. The Labute approximate surface area is 96.7 Å². The van der Waals surface area contributed by atoms with Gasteiger partial charge < -0.3 is 4.74 Å². The Kier molecular flexibility index (Phi) is 4.05. The van der Waals surface area contributed by atoms with Crippen LogP contribution in [0.2, 0.25) is 10.0 Å². The number of carbonyl (C=O) groups excluding carboxylic acids is 1. The Morgan fingerprint density at radius 2 is 2.00 bits per heavy atom. The van der Waals surface area contributed by atoms with E-state index in [-0.39, 0.29) is 16.7 Å². The highest BCUT2D eigenvalue weighted by atomic mass is 35.5. The zero-order valence-electron chi connectivity index (χ0n) is 7.31. The van der Waals surface area contributed by atoms with Gasteiger partial charge in [-0.1, -0.05) is 23.2 Å². The quantitative estimate of drug-likeness (QED) is 0.609. The van der Waals surface area contributed by atoms with Crippen molar-refractivity contribution in [3.8, 4) is 5.75 Å². The maximum Gasteiger partial charge on any atom is 0.179 e. The van der Waals surface area contributed by atoms with E-state index in [9.17, 15) is 4.79 Å². The van der Waals surface area contributed by atoms with Gasteiger partial charge in [0, 0.05) is 5.56 Å². The molecule has 0 unspecified atom stereocenters. The van der Waals surface area contributed by atoms with Crippen LogP contribution in [0.3, 0.4) is 0 Å². The highest BCUT2D eigenvalue weighted by Gasteiger charge is 2.13. The van der Waals surface area contributed by atoms with Crippen LogP contribution >= 0.6 is 34.8 Å². The summed E-state index contributed by atoms with van der Waals surface area (Å²) in [7, 11) is 1.46. The minimum Gasteiger partial charge on any atom is -0.495 e. The second-order valence-corrected chi connectivity index (χ2v) is 3.61. The molecule has 5 heteroatoms. The van der Waals surface area contributed by atoms with Crippen molar-refractivity contribution in [3.05, 3.63) is 27.7 Å². The topological polar surface area (TPSA) is 26.3 Å².